The van der Waals surface area contributed by atoms with Crippen molar-refractivity contribution < 1.29 is 8.42 Å². The van der Waals surface area contributed by atoms with Crippen molar-refractivity contribution in [2.45, 2.75) is 18.1 Å². The standard InChI is InChI=1S/C14H14N2O2S3/c1-9-7-10(2)13-11(8-9)20-14(16(13)3)15-21(17,18)12-5-4-6-19-12/h4-8H,1-3H3/b15-14-. The van der Waals surface area contributed by atoms with E-state index in [1.165, 1.54) is 22.7 Å². The van der Waals surface area contributed by atoms with Crippen molar-refractivity contribution in [1.82, 2.24) is 4.57 Å². The van der Waals surface area contributed by atoms with E-state index in [4.69, 9.17) is 0 Å². The van der Waals surface area contributed by atoms with Gasteiger partial charge in [-0.05, 0) is 42.5 Å². The van der Waals surface area contributed by atoms with Crippen molar-refractivity contribution in [2.24, 2.45) is 11.4 Å². The summed E-state index contributed by atoms with van der Waals surface area (Å²) in [4.78, 5) is 0.493. The zero-order valence-corrected chi connectivity index (χ0v) is 14.3. The van der Waals surface area contributed by atoms with E-state index in [2.05, 4.69) is 16.5 Å². The summed E-state index contributed by atoms with van der Waals surface area (Å²) in [5, 5.41) is 1.74. The second-order valence-electron chi connectivity index (χ2n) is 4.87. The molecule has 0 fully saturated rings. The number of fused-ring (bicyclic) bond motifs is 1. The number of nitrogens with zero attached hydrogens (tertiary/aromatic N) is 2. The van der Waals surface area contributed by atoms with E-state index >= 15 is 0 Å². The highest BCUT2D eigenvalue weighted by Gasteiger charge is 2.15. The van der Waals surface area contributed by atoms with Crippen molar-refractivity contribution in [3.63, 3.8) is 0 Å². The second kappa shape index (κ2) is 5.08. The van der Waals surface area contributed by atoms with Gasteiger partial charge in [0.2, 0.25) is 4.80 Å². The summed E-state index contributed by atoms with van der Waals surface area (Å²) in [5.74, 6) is 0. The molecule has 1 aromatic carbocycles. The Labute approximate surface area is 131 Å². The summed E-state index contributed by atoms with van der Waals surface area (Å²) in [6, 6.07) is 7.44. The van der Waals surface area contributed by atoms with Crippen LogP contribution in [0.4, 0.5) is 0 Å². The molecule has 0 aliphatic heterocycles. The molecule has 2 heterocycles. The minimum atomic E-state index is -3.63. The highest BCUT2D eigenvalue weighted by molar-refractivity contribution is 7.92. The number of benzene rings is 1. The minimum absolute atomic E-state index is 0.271. The molecule has 0 radical (unpaired) electrons. The number of aromatic nitrogens is 1. The van der Waals surface area contributed by atoms with Crippen LogP contribution in [-0.2, 0) is 17.1 Å². The molecule has 0 atom stereocenters. The van der Waals surface area contributed by atoms with Crippen molar-refractivity contribution in [3.8, 4) is 0 Å². The third-order valence-corrected chi connectivity index (χ3v) is 7.02. The van der Waals surface area contributed by atoms with Crippen LogP contribution in [0.1, 0.15) is 11.1 Å². The molecule has 110 valence electrons. The Bertz CT molecular complexity index is 977. The van der Waals surface area contributed by atoms with E-state index in [0.717, 1.165) is 21.3 Å². The van der Waals surface area contributed by atoms with Gasteiger partial charge in [-0.1, -0.05) is 23.5 Å². The lowest BCUT2D eigenvalue weighted by atomic mass is 10.1. The zero-order chi connectivity index (χ0) is 15.2. The Hall–Kier alpha value is -1.44. The van der Waals surface area contributed by atoms with Crippen LogP contribution >= 0.6 is 22.7 Å². The van der Waals surface area contributed by atoms with Crippen molar-refractivity contribution in [2.75, 3.05) is 0 Å². The molecular weight excluding hydrogens is 324 g/mol. The number of hydrogen-bond donors (Lipinski definition) is 0. The van der Waals surface area contributed by atoms with Crippen LogP contribution in [0.2, 0.25) is 0 Å². The molecule has 0 N–H and O–H groups in total. The molecule has 0 saturated heterocycles. The molecular formula is C14H14N2O2S3. The van der Waals surface area contributed by atoms with Gasteiger partial charge in [0.05, 0.1) is 10.2 Å². The number of thiazole rings is 1. The quantitative estimate of drug-likeness (QED) is 0.720. The smallest absolute Gasteiger partial charge is 0.294 e. The van der Waals surface area contributed by atoms with Crippen LogP contribution in [0.3, 0.4) is 0 Å². The fourth-order valence-corrected chi connectivity index (χ4v) is 5.72. The third kappa shape index (κ3) is 2.56. The summed E-state index contributed by atoms with van der Waals surface area (Å²) >= 11 is 2.58. The lowest BCUT2D eigenvalue weighted by Crippen LogP contribution is -2.13. The van der Waals surface area contributed by atoms with E-state index in [1.54, 1.807) is 17.5 Å². The van der Waals surface area contributed by atoms with E-state index in [9.17, 15) is 8.42 Å². The number of rotatable bonds is 2. The number of hydrogen-bond acceptors (Lipinski definition) is 4. The maximum atomic E-state index is 12.3. The Kier molecular flexibility index (Phi) is 3.51. The fraction of sp³-hybridized carbons (Fsp3) is 0.214. The average molecular weight is 338 g/mol. The van der Waals surface area contributed by atoms with Crippen LogP contribution in [0.5, 0.6) is 0 Å². The molecule has 3 rings (SSSR count). The van der Waals surface area contributed by atoms with Crippen molar-refractivity contribution in [3.05, 3.63) is 45.6 Å². The first kappa shape index (κ1) is 14.5. The molecule has 0 spiro atoms. The molecule has 0 saturated carbocycles. The van der Waals surface area contributed by atoms with Gasteiger partial charge in [0.1, 0.15) is 4.21 Å². The SMILES string of the molecule is Cc1cc(C)c2c(c1)s/c(=N\S(=O)(=O)c1cccs1)n2C. The van der Waals surface area contributed by atoms with Gasteiger partial charge in [0, 0.05) is 7.05 Å². The maximum Gasteiger partial charge on any atom is 0.294 e. The molecule has 4 nitrogen and oxygen atoms in total. The van der Waals surface area contributed by atoms with Crippen molar-refractivity contribution in [1.29, 1.82) is 0 Å². The summed E-state index contributed by atoms with van der Waals surface area (Å²) < 4.78 is 31.7. The van der Waals surface area contributed by atoms with Crippen LogP contribution in [0.15, 0.2) is 38.3 Å². The summed E-state index contributed by atoms with van der Waals surface area (Å²) in [7, 11) is -1.78. The minimum Gasteiger partial charge on any atom is -0.319 e. The van der Waals surface area contributed by atoms with Crippen LogP contribution in [0.25, 0.3) is 10.2 Å². The van der Waals surface area contributed by atoms with E-state index in [-0.39, 0.29) is 4.21 Å². The molecule has 0 unspecified atom stereocenters. The van der Waals surface area contributed by atoms with Gasteiger partial charge in [-0.25, -0.2) is 0 Å². The summed E-state index contributed by atoms with van der Waals surface area (Å²) in [6.07, 6.45) is 0. The predicted octanol–water partition coefficient (Wildman–Crippen LogP) is 3.21. The third-order valence-electron chi connectivity index (χ3n) is 3.18. The van der Waals surface area contributed by atoms with Gasteiger partial charge in [0.25, 0.3) is 10.0 Å². The first-order chi connectivity index (χ1) is 9.88. The molecule has 2 aromatic heterocycles. The van der Waals surface area contributed by atoms with Gasteiger partial charge in [-0.2, -0.15) is 8.42 Å². The lowest BCUT2D eigenvalue weighted by molar-refractivity contribution is 0.598. The van der Waals surface area contributed by atoms with Crippen LogP contribution in [0, 0.1) is 13.8 Å². The molecule has 0 aliphatic rings. The maximum absolute atomic E-state index is 12.3. The van der Waals surface area contributed by atoms with E-state index in [1.807, 2.05) is 25.5 Å². The Morgan fingerprint density at radius 1 is 1.24 bits per heavy atom. The lowest BCUT2D eigenvalue weighted by Gasteiger charge is -2.01. The molecule has 7 heteroatoms. The number of sulfonamides is 1. The Balaban J connectivity index is 2.29. The molecule has 0 amide bonds. The monoisotopic (exact) mass is 338 g/mol. The van der Waals surface area contributed by atoms with E-state index < -0.39 is 10.0 Å². The van der Waals surface area contributed by atoms with Gasteiger partial charge in [-0.15, -0.1) is 15.7 Å². The Morgan fingerprint density at radius 3 is 2.67 bits per heavy atom. The summed E-state index contributed by atoms with van der Waals surface area (Å²) in [6.45, 7) is 4.06. The zero-order valence-electron chi connectivity index (χ0n) is 11.8. The summed E-state index contributed by atoms with van der Waals surface area (Å²) in [5.41, 5.74) is 3.32. The Morgan fingerprint density at radius 2 is 2.00 bits per heavy atom. The number of aryl methyl sites for hydroxylation is 3. The molecule has 3 aromatic rings. The van der Waals surface area contributed by atoms with E-state index in [0.29, 0.717) is 4.80 Å². The van der Waals surface area contributed by atoms with Crippen LogP contribution < -0.4 is 4.80 Å². The number of thiophene rings is 1. The molecule has 0 bridgehead atoms. The average Bonchev–Trinajstić information content (AvgIpc) is 2.98. The normalized spacial score (nSPS) is 13.2. The second-order valence-corrected chi connectivity index (χ2v) is 8.66. The molecule has 21 heavy (non-hydrogen) atoms. The van der Waals surface area contributed by atoms with Crippen LogP contribution in [-0.4, -0.2) is 13.0 Å². The first-order valence-electron chi connectivity index (χ1n) is 6.30. The first-order valence-corrected chi connectivity index (χ1v) is 9.43. The van der Waals surface area contributed by atoms with Gasteiger partial charge >= 0.3 is 0 Å². The van der Waals surface area contributed by atoms with Gasteiger partial charge < -0.3 is 4.57 Å². The topological polar surface area (TPSA) is 51.4 Å². The van der Waals surface area contributed by atoms with Crippen molar-refractivity contribution >= 4 is 42.9 Å². The van der Waals surface area contributed by atoms with Gasteiger partial charge in [-0.3, -0.25) is 0 Å². The molecule has 0 aliphatic carbocycles. The highest BCUT2D eigenvalue weighted by atomic mass is 32.2. The highest BCUT2D eigenvalue weighted by Crippen LogP contribution is 2.23. The predicted molar refractivity (Wildman–Crippen MR) is 87.3 cm³/mol. The fourth-order valence-electron chi connectivity index (χ4n) is 2.33. The largest absolute Gasteiger partial charge is 0.319 e. The van der Waals surface area contributed by atoms with Gasteiger partial charge in [0.15, 0.2) is 0 Å².